The quantitative estimate of drug-likeness (QED) is 0.197. The Hall–Kier alpha value is -6.92. The number of benzene rings is 6. The van der Waals surface area contributed by atoms with E-state index in [0.717, 1.165) is 50.4 Å². The van der Waals surface area contributed by atoms with Crippen LogP contribution in [0.2, 0.25) is 0 Å². The summed E-state index contributed by atoms with van der Waals surface area (Å²) in [5.74, 6) is 0. The minimum atomic E-state index is 0.440. The Morgan fingerprint density at radius 1 is 0.311 bits per heavy atom. The molecule has 0 saturated carbocycles. The number of rotatable bonds is 6. The molecule has 0 radical (unpaired) electrons. The van der Waals surface area contributed by atoms with Crippen molar-refractivity contribution in [1.29, 1.82) is 21.0 Å². The largest absolute Gasteiger partial charge is 0.311 e. The van der Waals surface area contributed by atoms with Crippen molar-refractivity contribution in [3.63, 3.8) is 0 Å². The van der Waals surface area contributed by atoms with Gasteiger partial charge < -0.3 is 4.90 Å². The van der Waals surface area contributed by atoms with Gasteiger partial charge in [0.1, 0.15) is 0 Å². The number of nitriles is 4. The highest BCUT2D eigenvalue weighted by Gasteiger charge is 2.14. The summed E-state index contributed by atoms with van der Waals surface area (Å²) in [5, 5.41) is 37.6. The van der Waals surface area contributed by atoms with Crippen LogP contribution >= 0.6 is 0 Å². The maximum absolute atomic E-state index is 9.44. The molecule has 45 heavy (non-hydrogen) atoms. The molecule has 6 aromatic carbocycles. The van der Waals surface area contributed by atoms with Gasteiger partial charge in [-0.25, -0.2) is 0 Å². The van der Waals surface area contributed by atoms with Crippen molar-refractivity contribution in [3.05, 3.63) is 162 Å². The molecule has 6 rings (SSSR count). The summed E-state index contributed by atoms with van der Waals surface area (Å²) in [7, 11) is 0. The van der Waals surface area contributed by atoms with E-state index in [-0.39, 0.29) is 0 Å². The monoisotopic (exact) mass is 573 g/mol. The molecular formula is C40H23N5. The van der Waals surface area contributed by atoms with Crippen LogP contribution in [-0.2, 0) is 0 Å². The van der Waals surface area contributed by atoms with E-state index in [9.17, 15) is 21.0 Å². The molecule has 0 aliphatic carbocycles. The minimum Gasteiger partial charge on any atom is -0.311 e. The SMILES string of the molecule is N#Cc1cccc(-c2ccc(N(c3ccc(-c4cccc(C#N)c4)cc3)c3ccc(-c4cc(C#N)cc(C#N)c4)cc3)cc2)c1. The smallest absolute Gasteiger partial charge is 0.0992 e. The third-order valence-corrected chi connectivity index (χ3v) is 7.55. The van der Waals surface area contributed by atoms with Crippen LogP contribution in [0, 0.1) is 45.3 Å². The number of nitrogens with zero attached hydrogens (tertiary/aromatic N) is 5. The van der Waals surface area contributed by atoms with Gasteiger partial charge >= 0.3 is 0 Å². The second kappa shape index (κ2) is 12.5. The molecule has 0 aromatic heterocycles. The minimum absolute atomic E-state index is 0.440. The summed E-state index contributed by atoms with van der Waals surface area (Å²) in [6.45, 7) is 0. The maximum atomic E-state index is 9.44. The molecule has 5 heteroatoms. The van der Waals surface area contributed by atoms with Gasteiger partial charge in [-0.15, -0.1) is 0 Å². The van der Waals surface area contributed by atoms with Gasteiger partial charge in [-0.1, -0.05) is 60.7 Å². The van der Waals surface area contributed by atoms with Gasteiger partial charge in [-0.2, -0.15) is 21.0 Å². The van der Waals surface area contributed by atoms with Gasteiger partial charge in [-0.3, -0.25) is 0 Å². The normalized spacial score (nSPS) is 10.1. The fourth-order valence-corrected chi connectivity index (χ4v) is 5.32. The fourth-order valence-electron chi connectivity index (χ4n) is 5.32. The lowest BCUT2D eigenvalue weighted by Gasteiger charge is -2.26. The summed E-state index contributed by atoms with van der Waals surface area (Å²) in [4.78, 5) is 2.15. The molecule has 0 N–H and O–H groups in total. The van der Waals surface area contributed by atoms with Crippen LogP contribution in [-0.4, -0.2) is 0 Å². The van der Waals surface area contributed by atoms with E-state index in [1.165, 1.54) is 0 Å². The summed E-state index contributed by atoms with van der Waals surface area (Å²) >= 11 is 0. The van der Waals surface area contributed by atoms with E-state index in [1.54, 1.807) is 30.3 Å². The molecule has 0 saturated heterocycles. The third-order valence-electron chi connectivity index (χ3n) is 7.55. The third kappa shape index (κ3) is 6.02. The maximum Gasteiger partial charge on any atom is 0.0992 e. The van der Waals surface area contributed by atoms with Crippen LogP contribution in [0.4, 0.5) is 17.1 Å². The lowest BCUT2D eigenvalue weighted by molar-refractivity contribution is 1.28. The summed E-state index contributed by atoms with van der Waals surface area (Å²) in [5.41, 5.74) is 10.6. The summed E-state index contributed by atoms with van der Waals surface area (Å²) in [6.07, 6.45) is 0. The Kier molecular flexibility index (Phi) is 7.85. The molecule has 6 aromatic rings. The molecule has 208 valence electrons. The van der Waals surface area contributed by atoms with Crippen LogP contribution in [0.25, 0.3) is 33.4 Å². The molecule has 0 aliphatic heterocycles. The van der Waals surface area contributed by atoms with E-state index >= 15 is 0 Å². The predicted molar refractivity (Wildman–Crippen MR) is 176 cm³/mol. The molecule has 0 fully saturated rings. The molecule has 0 bridgehead atoms. The first kappa shape index (κ1) is 28.2. The summed E-state index contributed by atoms with van der Waals surface area (Å²) in [6, 6.07) is 53.4. The first-order valence-corrected chi connectivity index (χ1v) is 14.2. The van der Waals surface area contributed by atoms with Crippen LogP contribution in [0.1, 0.15) is 22.3 Å². The molecule has 0 aliphatic rings. The van der Waals surface area contributed by atoms with Crippen LogP contribution < -0.4 is 4.90 Å². The van der Waals surface area contributed by atoms with Crippen molar-refractivity contribution in [2.24, 2.45) is 0 Å². The zero-order valence-corrected chi connectivity index (χ0v) is 24.0. The molecular weight excluding hydrogens is 550 g/mol. The highest BCUT2D eigenvalue weighted by molar-refractivity contribution is 5.81. The number of hydrogen-bond donors (Lipinski definition) is 0. The van der Waals surface area contributed by atoms with Gasteiger partial charge in [0.05, 0.1) is 46.5 Å². The Bertz CT molecular complexity index is 2050. The predicted octanol–water partition coefficient (Wildman–Crippen LogP) is 9.64. The standard InChI is InChI=1S/C40H23N5/c41-24-28-3-1-5-35(20-28)32-7-13-38(14-8-32)45(39-15-9-33(10-16-39)36-6-2-4-29(21-36)25-42)40-17-11-34(12-18-40)37-22-30(26-43)19-31(23-37)27-44/h1-23H. The van der Waals surface area contributed by atoms with Crippen molar-refractivity contribution >= 4 is 17.1 Å². The topological polar surface area (TPSA) is 98.4 Å². The Labute approximate surface area is 262 Å². The van der Waals surface area contributed by atoms with Gasteiger partial charge in [0.15, 0.2) is 0 Å². The highest BCUT2D eigenvalue weighted by Crippen LogP contribution is 2.38. The number of hydrogen-bond acceptors (Lipinski definition) is 5. The zero-order chi connectivity index (χ0) is 31.2. The lowest BCUT2D eigenvalue weighted by Crippen LogP contribution is -2.09. The van der Waals surface area contributed by atoms with E-state index in [4.69, 9.17) is 0 Å². The van der Waals surface area contributed by atoms with Gasteiger partial charge in [0.25, 0.3) is 0 Å². The lowest BCUT2D eigenvalue weighted by atomic mass is 9.99. The second-order valence-corrected chi connectivity index (χ2v) is 10.4. The van der Waals surface area contributed by atoms with Crippen molar-refractivity contribution < 1.29 is 0 Å². The second-order valence-electron chi connectivity index (χ2n) is 10.4. The molecule has 0 unspecified atom stereocenters. The van der Waals surface area contributed by atoms with Crippen molar-refractivity contribution in [1.82, 2.24) is 0 Å². The zero-order valence-electron chi connectivity index (χ0n) is 24.0. The first-order valence-electron chi connectivity index (χ1n) is 14.2. The molecule has 0 spiro atoms. The van der Waals surface area contributed by atoms with Gasteiger partial charge in [-0.05, 0) is 112 Å². The highest BCUT2D eigenvalue weighted by atomic mass is 15.1. The molecule has 0 atom stereocenters. The van der Waals surface area contributed by atoms with Crippen LogP contribution in [0.15, 0.2) is 140 Å². The molecule has 5 nitrogen and oxygen atoms in total. The Balaban J connectivity index is 1.40. The van der Waals surface area contributed by atoms with E-state index in [2.05, 4.69) is 53.4 Å². The van der Waals surface area contributed by atoms with E-state index in [1.807, 2.05) is 84.9 Å². The molecule has 0 heterocycles. The van der Waals surface area contributed by atoms with E-state index < -0.39 is 0 Å². The Morgan fingerprint density at radius 3 is 1.00 bits per heavy atom. The van der Waals surface area contributed by atoms with Crippen LogP contribution in [0.5, 0.6) is 0 Å². The average molecular weight is 574 g/mol. The fraction of sp³-hybridized carbons (Fsp3) is 0. The van der Waals surface area contributed by atoms with Gasteiger partial charge in [0.2, 0.25) is 0 Å². The van der Waals surface area contributed by atoms with Crippen LogP contribution in [0.3, 0.4) is 0 Å². The summed E-state index contributed by atoms with van der Waals surface area (Å²) < 4.78 is 0. The Morgan fingerprint density at radius 2 is 0.644 bits per heavy atom. The van der Waals surface area contributed by atoms with Crippen molar-refractivity contribution in [2.45, 2.75) is 0 Å². The molecule has 0 amide bonds. The van der Waals surface area contributed by atoms with Crippen molar-refractivity contribution in [3.8, 4) is 57.7 Å². The number of anilines is 3. The van der Waals surface area contributed by atoms with Crippen molar-refractivity contribution in [2.75, 3.05) is 4.90 Å². The van der Waals surface area contributed by atoms with E-state index in [0.29, 0.717) is 22.3 Å². The first-order chi connectivity index (χ1) is 22.1. The average Bonchev–Trinajstić information content (AvgIpc) is 3.12. The van der Waals surface area contributed by atoms with Gasteiger partial charge in [0, 0.05) is 17.1 Å².